The average molecular weight is 373 g/mol. The first-order valence-corrected chi connectivity index (χ1v) is 9.17. The number of nitrogens with one attached hydrogen (secondary N) is 2. The Morgan fingerprint density at radius 1 is 1.04 bits per heavy atom. The molecule has 128 valence electrons. The predicted molar refractivity (Wildman–Crippen MR) is 104 cm³/mol. The first-order valence-electron chi connectivity index (χ1n) is 7.97. The van der Waals surface area contributed by atoms with Crippen molar-refractivity contribution in [3.63, 3.8) is 0 Å². The van der Waals surface area contributed by atoms with Crippen LogP contribution in [0.1, 0.15) is 33.4 Å². The number of halogens is 1. The normalized spacial score (nSPS) is 10.6. The molecule has 1 heterocycles. The lowest BCUT2D eigenvalue weighted by Gasteiger charge is -2.10. The van der Waals surface area contributed by atoms with E-state index >= 15 is 0 Å². The van der Waals surface area contributed by atoms with Gasteiger partial charge in [0, 0.05) is 16.6 Å². The number of anilines is 1. The molecule has 0 fully saturated rings. The van der Waals surface area contributed by atoms with Crippen molar-refractivity contribution in [1.29, 1.82) is 0 Å². The van der Waals surface area contributed by atoms with Gasteiger partial charge in [-0.05, 0) is 24.6 Å². The van der Waals surface area contributed by atoms with Crippen LogP contribution in [0.25, 0.3) is 10.1 Å². The smallest absolute Gasteiger partial charge is 0.267 e. The van der Waals surface area contributed by atoms with Crippen molar-refractivity contribution in [2.75, 3.05) is 11.9 Å². The zero-order valence-corrected chi connectivity index (χ0v) is 15.2. The Morgan fingerprint density at radius 2 is 1.76 bits per heavy atom. The number of thiophene rings is 1. The Hall–Kier alpha value is -2.37. The number of hydrogen-bond donors (Lipinski definition) is 2. The number of hydrogen-bond acceptors (Lipinski definition) is 3. The standard InChI is InChI=1S/C19H17ClN2O2S/c1-2-11-21-18(23)12-7-3-5-9-14(12)22-19(24)17-16(20)13-8-4-6-10-15(13)25-17/h3-10H,2,11H2,1H3,(H,21,23)(H,22,24). The molecule has 0 atom stereocenters. The van der Waals surface area contributed by atoms with Gasteiger partial charge in [0.05, 0.1) is 16.3 Å². The molecular formula is C19H17ClN2O2S. The number of fused-ring (bicyclic) bond motifs is 1. The van der Waals surface area contributed by atoms with Crippen LogP contribution in [0.3, 0.4) is 0 Å². The lowest BCUT2D eigenvalue weighted by atomic mass is 10.1. The quantitative estimate of drug-likeness (QED) is 0.665. The van der Waals surface area contributed by atoms with Crippen molar-refractivity contribution in [3.8, 4) is 0 Å². The lowest BCUT2D eigenvalue weighted by molar-refractivity contribution is 0.0954. The topological polar surface area (TPSA) is 58.2 Å². The second-order valence-corrected chi connectivity index (χ2v) is 6.93. The van der Waals surface area contributed by atoms with Crippen molar-refractivity contribution < 1.29 is 9.59 Å². The van der Waals surface area contributed by atoms with Crippen LogP contribution in [0, 0.1) is 0 Å². The summed E-state index contributed by atoms with van der Waals surface area (Å²) in [5.74, 6) is -0.526. The predicted octanol–water partition coefficient (Wildman–Crippen LogP) is 4.95. The minimum absolute atomic E-state index is 0.208. The number of para-hydroxylation sites is 1. The van der Waals surface area contributed by atoms with Crippen molar-refractivity contribution >= 4 is 50.5 Å². The highest BCUT2D eigenvalue weighted by Crippen LogP contribution is 2.35. The van der Waals surface area contributed by atoms with E-state index in [4.69, 9.17) is 11.6 Å². The molecule has 3 rings (SSSR count). The Morgan fingerprint density at radius 3 is 2.52 bits per heavy atom. The van der Waals surface area contributed by atoms with Crippen LogP contribution >= 0.6 is 22.9 Å². The summed E-state index contributed by atoms with van der Waals surface area (Å²) in [5.41, 5.74) is 0.899. The van der Waals surface area contributed by atoms with E-state index in [0.29, 0.717) is 27.7 Å². The molecule has 1 aromatic heterocycles. The maximum absolute atomic E-state index is 12.7. The molecule has 2 aromatic carbocycles. The maximum atomic E-state index is 12.7. The van der Waals surface area contributed by atoms with Crippen LogP contribution in [0.2, 0.25) is 5.02 Å². The Bertz CT molecular complexity index is 936. The molecule has 2 N–H and O–H groups in total. The maximum Gasteiger partial charge on any atom is 0.267 e. The fraction of sp³-hybridized carbons (Fsp3) is 0.158. The molecule has 6 heteroatoms. The highest BCUT2D eigenvalue weighted by Gasteiger charge is 2.19. The summed E-state index contributed by atoms with van der Waals surface area (Å²) >= 11 is 7.69. The first kappa shape index (κ1) is 17.5. The molecular weight excluding hydrogens is 356 g/mol. The van der Waals surface area contributed by atoms with Crippen LogP contribution in [0.15, 0.2) is 48.5 Å². The lowest BCUT2D eigenvalue weighted by Crippen LogP contribution is -2.25. The Kier molecular flexibility index (Phi) is 5.36. The number of carbonyl (C=O) groups excluding carboxylic acids is 2. The molecule has 3 aromatic rings. The van der Waals surface area contributed by atoms with Gasteiger partial charge < -0.3 is 10.6 Å². The zero-order valence-electron chi connectivity index (χ0n) is 13.6. The van der Waals surface area contributed by atoms with E-state index < -0.39 is 0 Å². The van der Waals surface area contributed by atoms with Gasteiger partial charge in [-0.25, -0.2) is 0 Å². The van der Waals surface area contributed by atoms with Crippen molar-refractivity contribution in [1.82, 2.24) is 5.32 Å². The van der Waals surface area contributed by atoms with Crippen LogP contribution in [-0.2, 0) is 0 Å². The van der Waals surface area contributed by atoms with Gasteiger partial charge in [-0.3, -0.25) is 9.59 Å². The minimum Gasteiger partial charge on any atom is -0.352 e. The third kappa shape index (κ3) is 3.67. The third-order valence-electron chi connectivity index (χ3n) is 3.70. The minimum atomic E-state index is -0.318. The molecule has 0 radical (unpaired) electrons. The molecule has 0 saturated carbocycles. The second-order valence-electron chi connectivity index (χ2n) is 5.50. The number of rotatable bonds is 5. The molecule has 0 saturated heterocycles. The van der Waals surface area contributed by atoms with E-state index in [1.807, 2.05) is 31.2 Å². The highest BCUT2D eigenvalue weighted by atomic mass is 35.5. The molecule has 4 nitrogen and oxygen atoms in total. The Labute approximate surface area is 154 Å². The summed E-state index contributed by atoms with van der Waals surface area (Å²) in [4.78, 5) is 25.4. The highest BCUT2D eigenvalue weighted by molar-refractivity contribution is 7.21. The van der Waals surface area contributed by atoms with E-state index in [9.17, 15) is 9.59 Å². The fourth-order valence-electron chi connectivity index (χ4n) is 2.46. The summed E-state index contributed by atoms with van der Waals surface area (Å²) in [6, 6.07) is 14.5. The van der Waals surface area contributed by atoms with E-state index in [-0.39, 0.29) is 11.8 Å². The average Bonchev–Trinajstić information content (AvgIpc) is 2.97. The van der Waals surface area contributed by atoms with Crippen molar-refractivity contribution in [2.45, 2.75) is 13.3 Å². The van der Waals surface area contributed by atoms with Crippen LogP contribution in [0.4, 0.5) is 5.69 Å². The van der Waals surface area contributed by atoms with Gasteiger partial charge in [0.2, 0.25) is 0 Å². The summed E-state index contributed by atoms with van der Waals surface area (Å²) < 4.78 is 0.951. The number of amides is 2. The molecule has 25 heavy (non-hydrogen) atoms. The van der Waals surface area contributed by atoms with E-state index in [1.54, 1.807) is 24.3 Å². The van der Waals surface area contributed by atoms with Gasteiger partial charge in [0.25, 0.3) is 11.8 Å². The molecule has 0 unspecified atom stereocenters. The Balaban J connectivity index is 1.88. The third-order valence-corrected chi connectivity index (χ3v) is 5.37. The van der Waals surface area contributed by atoms with Gasteiger partial charge in [-0.15, -0.1) is 11.3 Å². The summed E-state index contributed by atoms with van der Waals surface area (Å²) in [5, 5.41) is 6.92. The van der Waals surface area contributed by atoms with Gasteiger partial charge in [0.15, 0.2) is 0 Å². The molecule has 0 spiro atoms. The summed E-state index contributed by atoms with van der Waals surface area (Å²) in [6.45, 7) is 2.57. The van der Waals surface area contributed by atoms with Crippen LogP contribution in [0.5, 0.6) is 0 Å². The summed E-state index contributed by atoms with van der Waals surface area (Å²) in [6.07, 6.45) is 0.845. The van der Waals surface area contributed by atoms with E-state index in [2.05, 4.69) is 10.6 Å². The van der Waals surface area contributed by atoms with Crippen LogP contribution in [-0.4, -0.2) is 18.4 Å². The molecule has 2 amide bonds. The van der Waals surface area contributed by atoms with Gasteiger partial charge >= 0.3 is 0 Å². The molecule has 0 bridgehead atoms. The largest absolute Gasteiger partial charge is 0.352 e. The van der Waals surface area contributed by atoms with Crippen molar-refractivity contribution in [2.24, 2.45) is 0 Å². The van der Waals surface area contributed by atoms with Crippen molar-refractivity contribution in [3.05, 3.63) is 64.0 Å². The number of benzene rings is 2. The first-order chi connectivity index (χ1) is 12.1. The second kappa shape index (κ2) is 7.68. The molecule has 0 aliphatic heterocycles. The number of carbonyl (C=O) groups is 2. The molecule has 0 aliphatic rings. The van der Waals surface area contributed by atoms with E-state index in [0.717, 1.165) is 16.5 Å². The SMILES string of the molecule is CCCNC(=O)c1ccccc1NC(=O)c1sc2ccccc2c1Cl. The van der Waals surface area contributed by atoms with Gasteiger partial charge in [-0.2, -0.15) is 0 Å². The van der Waals surface area contributed by atoms with Gasteiger partial charge in [-0.1, -0.05) is 48.9 Å². The zero-order chi connectivity index (χ0) is 17.8. The summed E-state index contributed by atoms with van der Waals surface area (Å²) in [7, 11) is 0. The van der Waals surface area contributed by atoms with Crippen LogP contribution < -0.4 is 10.6 Å². The molecule has 0 aliphatic carbocycles. The fourth-order valence-corrected chi connectivity index (χ4v) is 3.88. The van der Waals surface area contributed by atoms with E-state index in [1.165, 1.54) is 11.3 Å². The van der Waals surface area contributed by atoms with Gasteiger partial charge in [0.1, 0.15) is 4.88 Å². The monoisotopic (exact) mass is 372 g/mol.